The van der Waals surface area contributed by atoms with Crippen LogP contribution in [0.2, 0.25) is 0 Å². The molecule has 0 aliphatic carbocycles. The van der Waals surface area contributed by atoms with E-state index in [9.17, 15) is 13.6 Å². The van der Waals surface area contributed by atoms with Crippen LogP contribution in [0.15, 0.2) is 10.5 Å². The van der Waals surface area contributed by atoms with Crippen molar-refractivity contribution in [1.29, 1.82) is 0 Å². The van der Waals surface area contributed by atoms with Gasteiger partial charge in [0.15, 0.2) is 16.7 Å². The molecule has 86 valence electrons. The number of nitrogens with one attached hydrogen (secondary N) is 1. The predicted molar refractivity (Wildman–Crippen MR) is 61.4 cm³/mol. The number of carbonyl (C=O) groups is 1. The Kier molecular flexibility index (Phi) is 3.76. The van der Waals surface area contributed by atoms with E-state index in [0.29, 0.717) is 0 Å². The van der Waals surface area contributed by atoms with E-state index in [1.165, 1.54) is 0 Å². The van der Waals surface area contributed by atoms with Crippen molar-refractivity contribution < 1.29 is 18.7 Å². The first-order valence-electron chi connectivity index (χ1n) is 3.81. The van der Waals surface area contributed by atoms with E-state index in [2.05, 4.69) is 33.5 Å². The number of thiocarbonyl (C=S) groups is 1. The average molecular weight is 311 g/mol. The molecule has 16 heavy (non-hydrogen) atoms. The van der Waals surface area contributed by atoms with Gasteiger partial charge in [0, 0.05) is 4.47 Å². The molecule has 1 aromatic rings. The third-order valence-electron chi connectivity index (χ3n) is 1.64. The minimum atomic E-state index is -1.57. The molecule has 0 heterocycles. The summed E-state index contributed by atoms with van der Waals surface area (Å²) in [5, 5.41) is 10.5. The van der Waals surface area contributed by atoms with Crippen molar-refractivity contribution in [2.75, 3.05) is 5.32 Å². The molecular formula is C8H5BrF2N2O2S. The molecule has 0 saturated heterocycles. The summed E-state index contributed by atoms with van der Waals surface area (Å²) >= 11 is 7.35. The molecule has 0 spiro atoms. The summed E-state index contributed by atoms with van der Waals surface area (Å²) in [5.41, 5.74) is 3.99. The van der Waals surface area contributed by atoms with Crippen LogP contribution in [0.3, 0.4) is 0 Å². The van der Waals surface area contributed by atoms with Crippen molar-refractivity contribution in [2.45, 2.75) is 0 Å². The molecule has 0 amide bonds. The predicted octanol–water partition coefficient (Wildman–Crippen LogP) is 2.08. The molecular weight excluding hydrogens is 306 g/mol. The SMILES string of the molecule is NC(=S)Nc1c(Br)cc(C(=O)O)c(F)c1F. The molecule has 4 nitrogen and oxygen atoms in total. The van der Waals surface area contributed by atoms with Gasteiger partial charge < -0.3 is 16.2 Å². The fraction of sp³-hybridized carbons (Fsp3) is 0. The fourth-order valence-corrected chi connectivity index (χ4v) is 1.59. The lowest BCUT2D eigenvalue weighted by atomic mass is 10.2. The summed E-state index contributed by atoms with van der Waals surface area (Å²) in [5.74, 6) is -4.41. The Hall–Kier alpha value is -1.28. The van der Waals surface area contributed by atoms with E-state index in [4.69, 9.17) is 10.8 Å². The Balaban J connectivity index is 3.39. The zero-order chi connectivity index (χ0) is 12.5. The van der Waals surface area contributed by atoms with Crippen molar-refractivity contribution in [3.8, 4) is 0 Å². The van der Waals surface area contributed by atoms with Crippen LogP contribution in [0, 0.1) is 11.6 Å². The maximum absolute atomic E-state index is 13.4. The van der Waals surface area contributed by atoms with Gasteiger partial charge >= 0.3 is 5.97 Å². The molecule has 0 atom stereocenters. The minimum Gasteiger partial charge on any atom is -0.478 e. The summed E-state index contributed by atoms with van der Waals surface area (Å²) in [6.45, 7) is 0. The molecule has 0 aromatic heterocycles. The standard InChI is InChI=1S/C8H5BrF2N2O2S/c9-3-1-2(7(14)15)4(10)5(11)6(3)13-8(12)16/h1H,(H,14,15)(H3,12,13,16). The average Bonchev–Trinajstić information content (AvgIpc) is 2.17. The summed E-state index contributed by atoms with van der Waals surface area (Å²) in [4.78, 5) is 10.6. The lowest BCUT2D eigenvalue weighted by molar-refractivity contribution is 0.0690. The maximum Gasteiger partial charge on any atom is 0.338 e. The van der Waals surface area contributed by atoms with Gasteiger partial charge in [0.25, 0.3) is 0 Å². The molecule has 0 saturated carbocycles. The van der Waals surface area contributed by atoms with Gasteiger partial charge in [0.2, 0.25) is 0 Å². The first kappa shape index (κ1) is 12.8. The second-order valence-corrected chi connectivity index (χ2v) is 4.00. The molecule has 4 N–H and O–H groups in total. The first-order valence-corrected chi connectivity index (χ1v) is 5.02. The summed E-state index contributed by atoms with van der Waals surface area (Å²) in [7, 11) is 0. The van der Waals surface area contributed by atoms with Crippen LogP contribution in [-0.2, 0) is 0 Å². The second-order valence-electron chi connectivity index (χ2n) is 2.70. The highest BCUT2D eigenvalue weighted by Gasteiger charge is 2.21. The smallest absolute Gasteiger partial charge is 0.338 e. The van der Waals surface area contributed by atoms with Crippen LogP contribution in [0.4, 0.5) is 14.5 Å². The van der Waals surface area contributed by atoms with Crippen molar-refractivity contribution in [3.63, 3.8) is 0 Å². The van der Waals surface area contributed by atoms with E-state index in [-0.39, 0.29) is 15.3 Å². The van der Waals surface area contributed by atoms with Crippen LogP contribution >= 0.6 is 28.1 Å². The number of benzene rings is 1. The van der Waals surface area contributed by atoms with E-state index in [0.717, 1.165) is 6.07 Å². The van der Waals surface area contributed by atoms with Crippen LogP contribution < -0.4 is 11.1 Å². The number of hydrogen-bond donors (Lipinski definition) is 3. The van der Waals surface area contributed by atoms with E-state index < -0.39 is 23.2 Å². The van der Waals surface area contributed by atoms with Crippen LogP contribution in [0.1, 0.15) is 10.4 Å². The molecule has 1 rings (SSSR count). The number of anilines is 1. The number of carboxylic acids is 1. The third kappa shape index (κ3) is 2.45. The molecule has 0 radical (unpaired) electrons. The lowest BCUT2D eigenvalue weighted by Gasteiger charge is -2.10. The van der Waals surface area contributed by atoms with E-state index in [1.54, 1.807) is 0 Å². The maximum atomic E-state index is 13.4. The summed E-state index contributed by atoms with van der Waals surface area (Å²) in [6, 6.07) is 0.918. The zero-order valence-electron chi connectivity index (χ0n) is 7.55. The largest absolute Gasteiger partial charge is 0.478 e. The Morgan fingerprint density at radius 3 is 2.50 bits per heavy atom. The second kappa shape index (κ2) is 4.71. The van der Waals surface area contributed by atoms with Crippen LogP contribution in [0.5, 0.6) is 0 Å². The third-order valence-corrected chi connectivity index (χ3v) is 2.36. The van der Waals surface area contributed by atoms with Crippen molar-refractivity contribution >= 4 is 44.9 Å². The quantitative estimate of drug-likeness (QED) is 0.576. The van der Waals surface area contributed by atoms with Crippen molar-refractivity contribution in [2.24, 2.45) is 5.73 Å². The molecule has 0 aliphatic rings. The number of hydrogen-bond acceptors (Lipinski definition) is 2. The van der Waals surface area contributed by atoms with Crippen molar-refractivity contribution in [3.05, 3.63) is 27.7 Å². The minimum absolute atomic E-state index is 0.0107. The fourth-order valence-electron chi connectivity index (χ4n) is 0.988. The van der Waals surface area contributed by atoms with E-state index in [1.807, 2.05) is 0 Å². The number of carboxylic acid groups (broad SMARTS) is 1. The summed E-state index contributed by atoms with van der Waals surface area (Å²) < 4.78 is 26.7. The normalized spacial score (nSPS) is 9.94. The lowest BCUT2D eigenvalue weighted by Crippen LogP contribution is -2.21. The van der Waals surface area contributed by atoms with E-state index >= 15 is 0 Å². The highest BCUT2D eigenvalue weighted by molar-refractivity contribution is 9.10. The monoisotopic (exact) mass is 310 g/mol. The molecule has 0 fully saturated rings. The van der Waals surface area contributed by atoms with Gasteiger partial charge in [-0.1, -0.05) is 0 Å². The number of nitrogens with two attached hydrogens (primary N) is 1. The van der Waals surface area contributed by atoms with Gasteiger partial charge in [0.05, 0.1) is 11.3 Å². The zero-order valence-corrected chi connectivity index (χ0v) is 9.95. The van der Waals surface area contributed by atoms with Gasteiger partial charge in [-0.3, -0.25) is 0 Å². The number of aromatic carboxylic acids is 1. The molecule has 0 bridgehead atoms. The Labute approximate surface area is 103 Å². The molecule has 1 aromatic carbocycles. The highest BCUT2D eigenvalue weighted by Crippen LogP contribution is 2.30. The van der Waals surface area contributed by atoms with Gasteiger partial charge in [-0.15, -0.1) is 0 Å². The Morgan fingerprint density at radius 2 is 2.06 bits per heavy atom. The first-order chi connectivity index (χ1) is 7.34. The van der Waals surface area contributed by atoms with Gasteiger partial charge in [-0.05, 0) is 34.2 Å². The van der Waals surface area contributed by atoms with Gasteiger partial charge in [0.1, 0.15) is 0 Å². The molecule has 8 heteroatoms. The Morgan fingerprint density at radius 1 is 1.50 bits per heavy atom. The van der Waals surface area contributed by atoms with Crippen LogP contribution in [0.25, 0.3) is 0 Å². The van der Waals surface area contributed by atoms with Crippen molar-refractivity contribution in [1.82, 2.24) is 0 Å². The topological polar surface area (TPSA) is 75.3 Å². The van der Waals surface area contributed by atoms with Gasteiger partial charge in [-0.2, -0.15) is 0 Å². The molecule has 0 unspecified atom stereocenters. The summed E-state index contributed by atoms with van der Waals surface area (Å²) in [6.07, 6.45) is 0. The van der Waals surface area contributed by atoms with Gasteiger partial charge in [-0.25, -0.2) is 13.6 Å². The molecule has 0 aliphatic heterocycles. The van der Waals surface area contributed by atoms with Crippen LogP contribution in [-0.4, -0.2) is 16.2 Å². The Bertz CT molecular complexity index is 482. The highest BCUT2D eigenvalue weighted by atomic mass is 79.9. The number of rotatable bonds is 2. The number of halogens is 3.